The molecular formula is C17H20N2O3S. The van der Waals surface area contributed by atoms with Gasteiger partial charge in [-0.2, -0.15) is 0 Å². The van der Waals surface area contributed by atoms with E-state index in [1.165, 1.54) is 10.1 Å². The van der Waals surface area contributed by atoms with Gasteiger partial charge in [0.15, 0.2) is 0 Å². The van der Waals surface area contributed by atoms with Crippen LogP contribution in [0.1, 0.15) is 18.9 Å². The van der Waals surface area contributed by atoms with Gasteiger partial charge in [-0.1, -0.05) is 13.0 Å². The van der Waals surface area contributed by atoms with Gasteiger partial charge in [-0.05, 0) is 46.9 Å². The SMILES string of the molecule is CC1CC(C(=O)O)CN(C(=O)NCc2ccc3sccc3c2)C1. The summed E-state index contributed by atoms with van der Waals surface area (Å²) < 4.78 is 1.23. The van der Waals surface area contributed by atoms with E-state index in [1.807, 2.05) is 18.4 Å². The number of rotatable bonds is 3. The molecule has 122 valence electrons. The van der Waals surface area contributed by atoms with Crippen molar-refractivity contribution in [3.8, 4) is 0 Å². The van der Waals surface area contributed by atoms with Crippen molar-refractivity contribution in [2.75, 3.05) is 13.1 Å². The van der Waals surface area contributed by atoms with Crippen LogP contribution in [-0.2, 0) is 11.3 Å². The molecule has 23 heavy (non-hydrogen) atoms. The molecule has 2 unspecified atom stereocenters. The van der Waals surface area contributed by atoms with E-state index >= 15 is 0 Å². The van der Waals surface area contributed by atoms with E-state index < -0.39 is 11.9 Å². The Bertz CT molecular complexity index is 727. The predicted molar refractivity (Wildman–Crippen MR) is 90.5 cm³/mol. The Morgan fingerprint density at radius 2 is 2.17 bits per heavy atom. The lowest BCUT2D eigenvalue weighted by atomic mass is 9.91. The molecule has 2 aromatic rings. The van der Waals surface area contributed by atoms with Crippen molar-refractivity contribution in [1.29, 1.82) is 0 Å². The highest BCUT2D eigenvalue weighted by atomic mass is 32.1. The minimum absolute atomic E-state index is 0.187. The van der Waals surface area contributed by atoms with Crippen LogP contribution >= 0.6 is 11.3 Å². The second kappa shape index (κ2) is 6.58. The second-order valence-electron chi connectivity index (χ2n) is 6.23. The van der Waals surface area contributed by atoms with Gasteiger partial charge in [-0.25, -0.2) is 4.79 Å². The van der Waals surface area contributed by atoms with Crippen molar-refractivity contribution in [3.05, 3.63) is 35.2 Å². The lowest BCUT2D eigenvalue weighted by Gasteiger charge is -2.34. The van der Waals surface area contributed by atoms with Crippen LogP contribution in [0.15, 0.2) is 29.6 Å². The topological polar surface area (TPSA) is 69.6 Å². The fourth-order valence-corrected chi connectivity index (χ4v) is 3.88. The maximum absolute atomic E-state index is 12.3. The molecule has 2 amide bonds. The van der Waals surface area contributed by atoms with Crippen molar-refractivity contribution >= 4 is 33.4 Å². The molecule has 6 heteroatoms. The number of fused-ring (bicyclic) bond motifs is 1. The zero-order chi connectivity index (χ0) is 16.4. The number of carbonyl (C=O) groups is 2. The summed E-state index contributed by atoms with van der Waals surface area (Å²) in [5.74, 6) is -1.08. The molecule has 3 rings (SSSR count). The van der Waals surface area contributed by atoms with Gasteiger partial charge >= 0.3 is 12.0 Å². The highest BCUT2D eigenvalue weighted by Crippen LogP contribution is 2.23. The molecule has 0 radical (unpaired) electrons. The number of nitrogens with zero attached hydrogens (tertiary/aromatic N) is 1. The molecule has 1 aromatic carbocycles. The van der Waals surface area contributed by atoms with Crippen LogP contribution in [0.4, 0.5) is 4.79 Å². The molecule has 1 saturated heterocycles. The van der Waals surface area contributed by atoms with Gasteiger partial charge in [-0.15, -0.1) is 11.3 Å². The summed E-state index contributed by atoms with van der Waals surface area (Å²) >= 11 is 1.70. The number of amides is 2. The van der Waals surface area contributed by atoms with Crippen molar-refractivity contribution in [3.63, 3.8) is 0 Å². The van der Waals surface area contributed by atoms with Crippen molar-refractivity contribution in [2.45, 2.75) is 19.9 Å². The number of likely N-dealkylation sites (tertiary alicyclic amines) is 1. The first-order valence-electron chi connectivity index (χ1n) is 7.74. The molecule has 2 N–H and O–H groups in total. The normalized spacial score (nSPS) is 21.3. The lowest BCUT2D eigenvalue weighted by molar-refractivity contribution is -0.143. The van der Waals surface area contributed by atoms with Crippen LogP contribution in [0.2, 0.25) is 0 Å². The standard InChI is InChI=1S/C17H20N2O3S/c1-11-6-14(16(20)21)10-19(9-11)17(22)18-8-12-2-3-15-13(7-12)4-5-23-15/h2-5,7,11,14H,6,8-10H2,1H3,(H,18,22)(H,20,21). The average Bonchev–Trinajstić information content (AvgIpc) is 2.99. The van der Waals surface area contributed by atoms with E-state index in [-0.39, 0.29) is 18.5 Å². The molecule has 0 aliphatic carbocycles. The first-order valence-corrected chi connectivity index (χ1v) is 8.62. The van der Waals surface area contributed by atoms with Crippen LogP contribution < -0.4 is 5.32 Å². The summed E-state index contributed by atoms with van der Waals surface area (Å²) in [5.41, 5.74) is 1.05. The number of carboxylic acid groups (broad SMARTS) is 1. The first-order chi connectivity index (χ1) is 11.0. The van der Waals surface area contributed by atoms with Gasteiger partial charge in [0.1, 0.15) is 0 Å². The molecule has 0 spiro atoms. The van der Waals surface area contributed by atoms with E-state index in [2.05, 4.69) is 23.5 Å². The number of hydrogen-bond acceptors (Lipinski definition) is 3. The molecule has 1 fully saturated rings. The molecule has 1 aromatic heterocycles. The monoisotopic (exact) mass is 332 g/mol. The summed E-state index contributed by atoms with van der Waals surface area (Å²) in [4.78, 5) is 25.1. The lowest BCUT2D eigenvalue weighted by Crippen LogP contribution is -2.49. The highest BCUT2D eigenvalue weighted by molar-refractivity contribution is 7.17. The summed E-state index contributed by atoms with van der Waals surface area (Å²) in [6, 6.07) is 8.02. The number of carbonyl (C=O) groups excluding carboxylic acids is 1. The van der Waals surface area contributed by atoms with Crippen molar-refractivity contribution in [2.24, 2.45) is 11.8 Å². The number of aliphatic carboxylic acids is 1. The third kappa shape index (κ3) is 3.64. The molecular weight excluding hydrogens is 312 g/mol. The summed E-state index contributed by atoms with van der Waals surface area (Å²) in [6.45, 7) is 3.33. The zero-order valence-electron chi connectivity index (χ0n) is 13.0. The Labute approximate surface area is 138 Å². The zero-order valence-corrected chi connectivity index (χ0v) is 13.8. The van der Waals surface area contributed by atoms with Gasteiger partial charge in [-0.3, -0.25) is 4.79 Å². The summed E-state index contributed by atoms with van der Waals surface area (Å²) in [5, 5.41) is 15.3. The average molecular weight is 332 g/mol. The van der Waals surface area contributed by atoms with Crippen LogP contribution in [0.5, 0.6) is 0 Å². The van der Waals surface area contributed by atoms with Gasteiger partial charge in [0.25, 0.3) is 0 Å². The maximum atomic E-state index is 12.3. The number of nitrogens with one attached hydrogen (secondary N) is 1. The Morgan fingerprint density at radius 1 is 1.35 bits per heavy atom. The molecule has 5 nitrogen and oxygen atoms in total. The van der Waals surface area contributed by atoms with Crippen molar-refractivity contribution in [1.82, 2.24) is 10.2 Å². The van der Waals surface area contributed by atoms with Crippen LogP contribution in [0.3, 0.4) is 0 Å². The number of hydrogen-bond donors (Lipinski definition) is 2. The molecule has 1 aliphatic heterocycles. The van der Waals surface area contributed by atoms with E-state index in [9.17, 15) is 14.7 Å². The van der Waals surface area contributed by atoms with Crippen LogP contribution in [-0.4, -0.2) is 35.1 Å². The number of piperidine rings is 1. The smallest absolute Gasteiger partial charge is 0.317 e. The van der Waals surface area contributed by atoms with Gasteiger partial charge in [0.05, 0.1) is 5.92 Å². The molecule has 2 atom stereocenters. The fraction of sp³-hybridized carbons (Fsp3) is 0.412. The van der Waals surface area contributed by atoms with Gasteiger partial charge in [0.2, 0.25) is 0 Å². The Kier molecular flexibility index (Phi) is 4.52. The van der Waals surface area contributed by atoms with E-state index in [0.717, 1.165) is 5.56 Å². The molecule has 2 heterocycles. The Hall–Kier alpha value is -2.08. The summed E-state index contributed by atoms with van der Waals surface area (Å²) in [6.07, 6.45) is 0.633. The van der Waals surface area contributed by atoms with Crippen molar-refractivity contribution < 1.29 is 14.7 Å². The molecule has 1 aliphatic rings. The first kappa shape index (κ1) is 15.8. The largest absolute Gasteiger partial charge is 0.481 e. The Balaban J connectivity index is 1.60. The fourth-order valence-electron chi connectivity index (χ4n) is 3.11. The van der Waals surface area contributed by atoms with Gasteiger partial charge in [0, 0.05) is 24.3 Å². The number of carboxylic acids is 1. The number of benzene rings is 1. The quantitative estimate of drug-likeness (QED) is 0.907. The third-order valence-corrected chi connectivity index (χ3v) is 5.15. The summed E-state index contributed by atoms with van der Waals surface area (Å²) in [7, 11) is 0. The van der Waals surface area contributed by atoms with Gasteiger partial charge < -0.3 is 15.3 Å². The van der Waals surface area contributed by atoms with E-state index in [1.54, 1.807) is 16.2 Å². The minimum Gasteiger partial charge on any atom is -0.481 e. The van der Waals surface area contributed by atoms with E-state index in [0.29, 0.717) is 19.5 Å². The predicted octanol–water partition coefficient (Wildman–Crippen LogP) is 3.15. The molecule has 0 bridgehead atoms. The Morgan fingerprint density at radius 3 is 2.96 bits per heavy atom. The van der Waals surface area contributed by atoms with Crippen LogP contribution in [0.25, 0.3) is 10.1 Å². The number of thiophene rings is 1. The second-order valence-corrected chi connectivity index (χ2v) is 7.18. The highest BCUT2D eigenvalue weighted by Gasteiger charge is 2.31. The van der Waals surface area contributed by atoms with E-state index in [4.69, 9.17) is 0 Å². The molecule has 0 saturated carbocycles. The number of urea groups is 1. The third-order valence-electron chi connectivity index (χ3n) is 4.26. The van der Waals surface area contributed by atoms with Crippen LogP contribution in [0, 0.1) is 11.8 Å². The maximum Gasteiger partial charge on any atom is 0.317 e. The minimum atomic E-state index is -0.822.